The summed E-state index contributed by atoms with van der Waals surface area (Å²) in [4.78, 5) is 18.2. The number of nitrogens with two attached hydrogens (primary N) is 1. The van der Waals surface area contributed by atoms with Gasteiger partial charge in [0.25, 0.3) is 0 Å². The standard InChI is InChI=1S/C15H20ClN3O2/c1-15(2,3)21-14(20)19-8-7-10-11(18-13(17)9-16)5-4-6-12(10)19/h4-6H,7-9H2,1-3H3,(H2,17,18). The van der Waals surface area contributed by atoms with Crippen molar-refractivity contribution in [2.24, 2.45) is 10.7 Å². The molecule has 0 saturated heterocycles. The molecule has 0 fully saturated rings. The SMILES string of the molecule is CC(C)(C)OC(=O)N1CCc2c(N=C(N)CCl)cccc21. The zero-order valence-corrected chi connectivity index (χ0v) is 13.3. The highest BCUT2D eigenvalue weighted by atomic mass is 35.5. The molecular weight excluding hydrogens is 290 g/mol. The van der Waals surface area contributed by atoms with E-state index in [9.17, 15) is 4.79 Å². The number of alkyl halides is 1. The van der Waals surface area contributed by atoms with E-state index in [-0.39, 0.29) is 12.0 Å². The first-order chi connectivity index (χ1) is 9.81. The first-order valence-corrected chi connectivity index (χ1v) is 7.36. The number of carbonyl (C=O) groups excluding carboxylic acids is 1. The molecular formula is C15H20ClN3O2. The third-order valence-corrected chi connectivity index (χ3v) is 3.29. The van der Waals surface area contributed by atoms with E-state index in [0.717, 1.165) is 23.4 Å². The second-order valence-corrected chi connectivity index (χ2v) is 6.16. The van der Waals surface area contributed by atoms with Crippen LogP contribution in [0, 0.1) is 0 Å². The highest BCUT2D eigenvalue weighted by Crippen LogP contribution is 2.36. The van der Waals surface area contributed by atoms with Crippen molar-refractivity contribution in [2.45, 2.75) is 32.8 Å². The Morgan fingerprint density at radius 1 is 1.48 bits per heavy atom. The van der Waals surface area contributed by atoms with Gasteiger partial charge in [0, 0.05) is 12.1 Å². The normalized spacial score (nSPS) is 15.0. The highest BCUT2D eigenvalue weighted by molar-refractivity contribution is 6.28. The Kier molecular flexibility index (Phi) is 4.42. The summed E-state index contributed by atoms with van der Waals surface area (Å²) in [5, 5.41) is 0. The molecule has 6 heteroatoms. The quantitative estimate of drug-likeness (QED) is 0.518. The van der Waals surface area contributed by atoms with Crippen molar-refractivity contribution in [1.29, 1.82) is 0 Å². The average molecular weight is 310 g/mol. The molecule has 1 aliphatic rings. The summed E-state index contributed by atoms with van der Waals surface area (Å²) in [6.07, 6.45) is 0.386. The minimum Gasteiger partial charge on any atom is -0.443 e. The summed E-state index contributed by atoms with van der Waals surface area (Å²) in [6.45, 7) is 6.13. The summed E-state index contributed by atoms with van der Waals surface area (Å²) >= 11 is 5.66. The first-order valence-electron chi connectivity index (χ1n) is 6.83. The molecule has 0 aromatic heterocycles. The van der Waals surface area contributed by atoms with Gasteiger partial charge >= 0.3 is 6.09 Å². The van der Waals surface area contributed by atoms with E-state index in [1.165, 1.54) is 0 Å². The van der Waals surface area contributed by atoms with Crippen LogP contribution in [0.1, 0.15) is 26.3 Å². The van der Waals surface area contributed by atoms with Gasteiger partial charge in [-0.15, -0.1) is 11.6 Å². The fourth-order valence-corrected chi connectivity index (χ4v) is 2.27. The van der Waals surface area contributed by atoms with Crippen molar-refractivity contribution in [1.82, 2.24) is 0 Å². The highest BCUT2D eigenvalue weighted by Gasteiger charge is 2.30. The first kappa shape index (κ1) is 15.6. The van der Waals surface area contributed by atoms with Crippen LogP contribution in [0.4, 0.5) is 16.2 Å². The largest absolute Gasteiger partial charge is 0.443 e. The number of nitrogens with zero attached hydrogens (tertiary/aromatic N) is 2. The van der Waals surface area contributed by atoms with Crippen LogP contribution in [0.3, 0.4) is 0 Å². The molecule has 0 bridgehead atoms. The number of rotatable bonds is 2. The maximum atomic E-state index is 12.2. The smallest absolute Gasteiger partial charge is 0.414 e. The zero-order valence-electron chi connectivity index (χ0n) is 12.5. The number of anilines is 1. The Morgan fingerprint density at radius 3 is 2.81 bits per heavy atom. The number of amidine groups is 1. The van der Waals surface area contributed by atoms with Crippen LogP contribution >= 0.6 is 11.6 Å². The molecule has 1 heterocycles. The van der Waals surface area contributed by atoms with Crippen LogP contribution in [0.15, 0.2) is 23.2 Å². The molecule has 114 valence electrons. The molecule has 0 unspecified atom stereocenters. The lowest BCUT2D eigenvalue weighted by Gasteiger charge is -2.24. The molecule has 0 atom stereocenters. The number of halogens is 1. The number of hydrogen-bond acceptors (Lipinski definition) is 3. The van der Waals surface area contributed by atoms with Crippen LogP contribution in [0.2, 0.25) is 0 Å². The van der Waals surface area contributed by atoms with Gasteiger partial charge in [-0.1, -0.05) is 6.07 Å². The number of ether oxygens (including phenoxy) is 1. The average Bonchev–Trinajstić information content (AvgIpc) is 2.81. The number of benzene rings is 1. The summed E-state index contributed by atoms with van der Waals surface area (Å²) < 4.78 is 5.43. The molecule has 0 radical (unpaired) electrons. The minimum absolute atomic E-state index is 0.180. The molecule has 2 rings (SSSR count). The van der Waals surface area contributed by atoms with Gasteiger partial charge < -0.3 is 10.5 Å². The molecule has 2 N–H and O–H groups in total. The van der Waals surface area contributed by atoms with E-state index >= 15 is 0 Å². The van der Waals surface area contributed by atoms with Crippen molar-refractivity contribution in [3.8, 4) is 0 Å². The third kappa shape index (κ3) is 3.67. The maximum absolute atomic E-state index is 12.2. The van der Waals surface area contributed by atoms with Crippen LogP contribution in [0.25, 0.3) is 0 Å². The van der Waals surface area contributed by atoms with Crippen LogP contribution in [0.5, 0.6) is 0 Å². The topological polar surface area (TPSA) is 67.9 Å². The molecule has 1 aliphatic heterocycles. The lowest BCUT2D eigenvalue weighted by Crippen LogP contribution is -2.35. The van der Waals surface area contributed by atoms with Gasteiger partial charge in [-0.2, -0.15) is 0 Å². The van der Waals surface area contributed by atoms with Crippen molar-refractivity contribution < 1.29 is 9.53 Å². The second kappa shape index (κ2) is 5.93. The van der Waals surface area contributed by atoms with E-state index in [2.05, 4.69) is 4.99 Å². The Bertz CT molecular complexity index is 579. The van der Waals surface area contributed by atoms with Gasteiger partial charge in [-0.3, -0.25) is 4.90 Å². The monoisotopic (exact) mass is 309 g/mol. The Hall–Kier alpha value is -1.75. The van der Waals surface area contributed by atoms with E-state index in [0.29, 0.717) is 12.4 Å². The molecule has 0 aliphatic carbocycles. The predicted octanol–water partition coefficient (Wildman–Crippen LogP) is 3.21. The molecule has 1 aromatic rings. The lowest BCUT2D eigenvalue weighted by atomic mass is 10.1. The molecule has 0 saturated carbocycles. The van der Waals surface area contributed by atoms with E-state index in [1.54, 1.807) is 4.90 Å². The van der Waals surface area contributed by atoms with Gasteiger partial charge in [-0.25, -0.2) is 9.79 Å². The van der Waals surface area contributed by atoms with Crippen LogP contribution < -0.4 is 10.6 Å². The van der Waals surface area contributed by atoms with E-state index in [4.69, 9.17) is 22.1 Å². The van der Waals surface area contributed by atoms with Crippen LogP contribution in [-0.4, -0.2) is 30.0 Å². The summed E-state index contributed by atoms with van der Waals surface area (Å²) in [5.41, 5.74) is 7.76. The van der Waals surface area contributed by atoms with Gasteiger partial charge in [0.15, 0.2) is 0 Å². The van der Waals surface area contributed by atoms with Gasteiger partial charge in [0.2, 0.25) is 0 Å². The van der Waals surface area contributed by atoms with Crippen molar-refractivity contribution in [3.05, 3.63) is 23.8 Å². The molecule has 21 heavy (non-hydrogen) atoms. The fraction of sp³-hybridized carbons (Fsp3) is 0.467. The number of carbonyl (C=O) groups is 1. The van der Waals surface area contributed by atoms with Crippen molar-refractivity contribution in [2.75, 3.05) is 17.3 Å². The lowest BCUT2D eigenvalue weighted by molar-refractivity contribution is 0.0584. The fourth-order valence-electron chi connectivity index (χ4n) is 2.21. The minimum atomic E-state index is -0.515. The number of amides is 1. The molecule has 5 nitrogen and oxygen atoms in total. The zero-order chi connectivity index (χ0) is 15.6. The Balaban J connectivity index is 2.29. The number of aliphatic imine (C=N–C) groups is 1. The molecule has 0 spiro atoms. The van der Waals surface area contributed by atoms with Crippen LogP contribution in [-0.2, 0) is 11.2 Å². The summed E-state index contributed by atoms with van der Waals surface area (Å²) in [7, 11) is 0. The second-order valence-electron chi connectivity index (χ2n) is 5.89. The Labute approximate surface area is 129 Å². The Morgan fingerprint density at radius 2 is 2.19 bits per heavy atom. The van der Waals surface area contributed by atoms with Gasteiger partial charge in [0.05, 0.1) is 17.3 Å². The van der Waals surface area contributed by atoms with Gasteiger partial charge in [-0.05, 0) is 39.3 Å². The van der Waals surface area contributed by atoms with Crippen molar-refractivity contribution >= 4 is 34.9 Å². The number of hydrogen-bond donors (Lipinski definition) is 1. The molecule has 1 amide bonds. The van der Waals surface area contributed by atoms with E-state index < -0.39 is 5.60 Å². The summed E-state index contributed by atoms with van der Waals surface area (Å²) in [5.74, 6) is 0.542. The predicted molar refractivity (Wildman–Crippen MR) is 85.7 cm³/mol. The summed E-state index contributed by atoms with van der Waals surface area (Å²) in [6, 6.07) is 5.61. The van der Waals surface area contributed by atoms with Crippen molar-refractivity contribution in [3.63, 3.8) is 0 Å². The molecule has 1 aromatic carbocycles. The van der Waals surface area contributed by atoms with Gasteiger partial charge in [0.1, 0.15) is 11.4 Å². The third-order valence-electron chi connectivity index (χ3n) is 3.02. The van der Waals surface area contributed by atoms with E-state index in [1.807, 2.05) is 39.0 Å². The number of fused-ring (bicyclic) bond motifs is 1. The maximum Gasteiger partial charge on any atom is 0.414 e.